The summed E-state index contributed by atoms with van der Waals surface area (Å²) < 4.78 is 7.30. The molecule has 1 aliphatic rings. The highest BCUT2D eigenvalue weighted by atomic mass is 32.2. The zero-order chi connectivity index (χ0) is 13.0. The first-order valence-corrected chi connectivity index (χ1v) is 7.41. The van der Waals surface area contributed by atoms with Gasteiger partial charge in [-0.2, -0.15) is 16.9 Å². The molecule has 1 fully saturated rings. The van der Waals surface area contributed by atoms with Crippen molar-refractivity contribution in [3.63, 3.8) is 0 Å². The minimum Gasteiger partial charge on any atom is -0.369 e. The van der Waals surface area contributed by atoms with E-state index in [1.807, 2.05) is 4.68 Å². The lowest BCUT2D eigenvalue weighted by Gasteiger charge is -2.20. The van der Waals surface area contributed by atoms with E-state index in [1.54, 1.807) is 11.8 Å². The van der Waals surface area contributed by atoms with Crippen LogP contribution in [-0.2, 0) is 22.5 Å². The molecule has 0 radical (unpaired) electrons. The van der Waals surface area contributed by atoms with Crippen molar-refractivity contribution in [1.82, 2.24) is 14.8 Å². The highest BCUT2D eigenvalue weighted by Gasteiger charge is 2.24. The van der Waals surface area contributed by atoms with Gasteiger partial charge in [-0.1, -0.05) is 13.8 Å². The summed E-state index contributed by atoms with van der Waals surface area (Å²) in [5.41, 5.74) is 0. The van der Waals surface area contributed by atoms with Gasteiger partial charge in [-0.3, -0.25) is 4.79 Å². The number of carbonyl (C=O) groups excluding carboxylic acids is 1. The molecular weight excluding hydrogens is 250 g/mol. The van der Waals surface area contributed by atoms with Crippen LogP contribution in [0, 0.1) is 5.92 Å². The Morgan fingerprint density at radius 1 is 1.67 bits per heavy atom. The van der Waals surface area contributed by atoms with E-state index in [1.165, 1.54) is 6.33 Å². The summed E-state index contributed by atoms with van der Waals surface area (Å²) in [4.78, 5) is 16.3. The summed E-state index contributed by atoms with van der Waals surface area (Å²) in [6.07, 6.45) is 1.56. The highest BCUT2D eigenvalue weighted by molar-refractivity contribution is 7.99. The van der Waals surface area contributed by atoms with E-state index in [0.29, 0.717) is 18.9 Å². The Morgan fingerprint density at radius 2 is 2.50 bits per heavy atom. The van der Waals surface area contributed by atoms with E-state index >= 15 is 0 Å². The molecule has 18 heavy (non-hydrogen) atoms. The smallest absolute Gasteiger partial charge is 0.169 e. The van der Waals surface area contributed by atoms with Crippen LogP contribution in [0.1, 0.15) is 19.7 Å². The van der Waals surface area contributed by atoms with Gasteiger partial charge in [-0.15, -0.1) is 0 Å². The number of ether oxygens (including phenoxy) is 1. The predicted octanol–water partition coefficient (Wildman–Crippen LogP) is 1.18. The van der Waals surface area contributed by atoms with Crippen LogP contribution in [0.2, 0.25) is 0 Å². The Balaban J connectivity index is 1.95. The normalized spacial score (nSPS) is 20.3. The Hall–Kier alpha value is -0.880. The Bertz CT molecular complexity index is 400. The first-order chi connectivity index (χ1) is 8.66. The van der Waals surface area contributed by atoms with Gasteiger partial charge in [0.2, 0.25) is 0 Å². The van der Waals surface area contributed by atoms with Crippen molar-refractivity contribution in [2.75, 3.05) is 18.1 Å². The van der Waals surface area contributed by atoms with Gasteiger partial charge >= 0.3 is 0 Å². The molecule has 1 unspecified atom stereocenters. The van der Waals surface area contributed by atoms with Gasteiger partial charge in [-0.05, 0) is 5.92 Å². The molecule has 1 aromatic rings. The third-order valence-corrected chi connectivity index (χ3v) is 3.74. The van der Waals surface area contributed by atoms with E-state index in [9.17, 15) is 4.79 Å². The van der Waals surface area contributed by atoms with E-state index < -0.39 is 0 Å². The lowest BCUT2D eigenvalue weighted by Crippen LogP contribution is -2.33. The SMILES string of the molecule is CC(C)Cn1ncnc1CC(=O)C1CSCCO1. The lowest BCUT2D eigenvalue weighted by atomic mass is 10.1. The van der Waals surface area contributed by atoms with Crippen molar-refractivity contribution in [2.45, 2.75) is 32.9 Å². The molecule has 0 spiro atoms. The lowest BCUT2D eigenvalue weighted by molar-refractivity contribution is -0.128. The number of ketones is 1. The molecule has 0 aliphatic carbocycles. The van der Waals surface area contributed by atoms with Crippen LogP contribution in [0.25, 0.3) is 0 Å². The topological polar surface area (TPSA) is 57.0 Å². The molecule has 2 heterocycles. The van der Waals surface area contributed by atoms with Crippen LogP contribution in [0.5, 0.6) is 0 Å². The number of aromatic nitrogens is 3. The molecule has 1 aliphatic heterocycles. The molecule has 100 valence electrons. The van der Waals surface area contributed by atoms with Crippen LogP contribution in [0.15, 0.2) is 6.33 Å². The zero-order valence-electron chi connectivity index (χ0n) is 10.8. The fourth-order valence-electron chi connectivity index (χ4n) is 1.87. The van der Waals surface area contributed by atoms with E-state index in [-0.39, 0.29) is 11.9 Å². The fourth-order valence-corrected chi connectivity index (χ4v) is 2.74. The molecule has 1 aromatic heterocycles. The summed E-state index contributed by atoms with van der Waals surface area (Å²) in [5, 5.41) is 4.16. The van der Waals surface area contributed by atoms with Crippen molar-refractivity contribution in [3.8, 4) is 0 Å². The van der Waals surface area contributed by atoms with Gasteiger partial charge in [0, 0.05) is 18.1 Å². The third kappa shape index (κ3) is 3.55. The second-order valence-electron chi connectivity index (χ2n) is 4.83. The van der Waals surface area contributed by atoms with Gasteiger partial charge in [0.05, 0.1) is 13.0 Å². The maximum absolute atomic E-state index is 12.1. The molecule has 0 saturated carbocycles. The van der Waals surface area contributed by atoms with E-state index in [2.05, 4.69) is 23.9 Å². The predicted molar refractivity (Wildman–Crippen MR) is 70.6 cm³/mol. The number of carbonyl (C=O) groups is 1. The fraction of sp³-hybridized carbons (Fsp3) is 0.750. The van der Waals surface area contributed by atoms with Crippen LogP contribution in [-0.4, -0.2) is 44.8 Å². The van der Waals surface area contributed by atoms with Gasteiger partial charge in [0.25, 0.3) is 0 Å². The standard InChI is InChI=1S/C12H19N3O2S/c1-9(2)6-15-12(13-8-14-15)5-10(16)11-7-18-4-3-17-11/h8-9,11H,3-7H2,1-2H3. The van der Waals surface area contributed by atoms with Gasteiger partial charge < -0.3 is 4.74 Å². The third-order valence-electron chi connectivity index (χ3n) is 2.74. The molecule has 0 amide bonds. The van der Waals surface area contributed by atoms with Crippen molar-refractivity contribution >= 4 is 17.5 Å². The van der Waals surface area contributed by atoms with Gasteiger partial charge in [0.1, 0.15) is 18.3 Å². The molecule has 2 rings (SSSR count). The Kier molecular flexibility index (Phi) is 4.77. The van der Waals surface area contributed by atoms with Crippen LogP contribution in [0.3, 0.4) is 0 Å². The number of hydrogen-bond acceptors (Lipinski definition) is 5. The van der Waals surface area contributed by atoms with Crippen molar-refractivity contribution in [2.24, 2.45) is 5.92 Å². The maximum Gasteiger partial charge on any atom is 0.169 e. The summed E-state index contributed by atoms with van der Waals surface area (Å²) in [7, 11) is 0. The molecule has 6 heteroatoms. The molecule has 1 saturated heterocycles. The Labute approximate surface area is 111 Å². The summed E-state index contributed by atoms with van der Waals surface area (Å²) in [6.45, 7) is 5.70. The van der Waals surface area contributed by atoms with E-state index in [0.717, 1.165) is 23.9 Å². The number of thioether (sulfide) groups is 1. The molecular formula is C12H19N3O2S. The number of hydrogen-bond donors (Lipinski definition) is 0. The molecule has 5 nitrogen and oxygen atoms in total. The molecule has 0 aromatic carbocycles. The largest absolute Gasteiger partial charge is 0.369 e. The van der Waals surface area contributed by atoms with Gasteiger partial charge in [-0.25, -0.2) is 9.67 Å². The molecule has 0 bridgehead atoms. The second-order valence-corrected chi connectivity index (χ2v) is 5.98. The first-order valence-electron chi connectivity index (χ1n) is 6.25. The van der Waals surface area contributed by atoms with Crippen molar-refractivity contribution in [1.29, 1.82) is 0 Å². The number of rotatable bonds is 5. The maximum atomic E-state index is 12.1. The Morgan fingerprint density at radius 3 is 3.17 bits per heavy atom. The van der Waals surface area contributed by atoms with Gasteiger partial charge in [0.15, 0.2) is 5.78 Å². The quantitative estimate of drug-likeness (QED) is 0.803. The number of nitrogens with zero attached hydrogens (tertiary/aromatic N) is 3. The molecule has 0 N–H and O–H groups in total. The van der Waals surface area contributed by atoms with Crippen LogP contribution >= 0.6 is 11.8 Å². The van der Waals surface area contributed by atoms with E-state index in [4.69, 9.17) is 4.74 Å². The summed E-state index contributed by atoms with van der Waals surface area (Å²) in [5.74, 6) is 3.08. The van der Waals surface area contributed by atoms with Crippen LogP contribution in [0.4, 0.5) is 0 Å². The second kappa shape index (κ2) is 6.33. The average molecular weight is 269 g/mol. The summed E-state index contributed by atoms with van der Waals surface area (Å²) in [6, 6.07) is 0. The average Bonchev–Trinajstić information content (AvgIpc) is 2.77. The molecule has 1 atom stereocenters. The first kappa shape index (κ1) is 13.5. The van der Waals surface area contributed by atoms with Crippen molar-refractivity contribution in [3.05, 3.63) is 12.2 Å². The monoisotopic (exact) mass is 269 g/mol. The number of Topliss-reactive ketones (excluding diaryl/α,β-unsaturated/α-hetero) is 1. The highest BCUT2D eigenvalue weighted by Crippen LogP contribution is 2.15. The van der Waals surface area contributed by atoms with Crippen LogP contribution < -0.4 is 0 Å². The minimum atomic E-state index is -0.270. The van der Waals surface area contributed by atoms with Crippen molar-refractivity contribution < 1.29 is 9.53 Å². The summed E-state index contributed by atoms with van der Waals surface area (Å²) >= 11 is 1.77. The zero-order valence-corrected chi connectivity index (χ0v) is 11.7. The minimum absolute atomic E-state index is 0.111.